The Morgan fingerprint density at radius 2 is 1.90 bits per heavy atom. The second kappa shape index (κ2) is 2.73. The third-order valence-electron chi connectivity index (χ3n) is 2.46. The highest BCUT2D eigenvalue weighted by atomic mass is 16.1. The lowest BCUT2D eigenvalue weighted by molar-refractivity contribution is -0.126. The molecular weight excluding hydrogens is 124 g/mol. The van der Waals surface area contributed by atoms with Crippen LogP contribution in [0.1, 0.15) is 46.0 Å². The number of hydrogen-bond acceptors (Lipinski definition) is 1. The van der Waals surface area contributed by atoms with Crippen molar-refractivity contribution >= 4 is 5.78 Å². The lowest BCUT2D eigenvalue weighted by atomic mass is 9.84. The van der Waals surface area contributed by atoms with E-state index >= 15 is 0 Å². The summed E-state index contributed by atoms with van der Waals surface area (Å²) < 4.78 is 0. The number of ketones is 1. The van der Waals surface area contributed by atoms with E-state index in [4.69, 9.17) is 0 Å². The van der Waals surface area contributed by atoms with E-state index in [9.17, 15) is 4.79 Å². The van der Waals surface area contributed by atoms with Gasteiger partial charge in [0, 0.05) is 11.8 Å². The number of carbonyl (C=O) groups is 1. The van der Waals surface area contributed by atoms with E-state index in [0.717, 1.165) is 19.3 Å². The van der Waals surface area contributed by atoms with Crippen LogP contribution in [0.25, 0.3) is 0 Å². The molecule has 0 atom stereocenters. The molecular formula is C9H16O. The summed E-state index contributed by atoms with van der Waals surface area (Å²) in [5, 5.41) is 0. The zero-order valence-electron chi connectivity index (χ0n) is 6.94. The molecule has 58 valence electrons. The maximum absolute atomic E-state index is 11.3. The number of Topliss-reactive ketones (excluding diaryl/α,β-unsaturated/α-hetero) is 1. The molecule has 1 aliphatic rings. The Bertz CT molecular complexity index is 136. The van der Waals surface area contributed by atoms with Crippen molar-refractivity contribution in [2.45, 2.75) is 46.0 Å². The Morgan fingerprint density at radius 1 is 1.20 bits per heavy atom. The standard InChI is InChI=1S/C9H16O/c1-9(2)7-5-3-4-6-8(9)10/h3-7H2,1-2H3. The van der Waals surface area contributed by atoms with Crippen molar-refractivity contribution < 1.29 is 4.79 Å². The first-order valence-corrected chi connectivity index (χ1v) is 4.16. The lowest BCUT2D eigenvalue weighted by Crippen LogP contribution is -2.21. The van der Waals surface area contributed by atoms with Crippen LogP contribution in [0.5, 0.6) is 0 Å². The van der Waals surface area contributed by atoms with Crippen LogP contribution in [0.4, 0.5) is 0 Å². The van der Waals surface area contributed by atoms with Crippen LogP contribution < -0.4 is 0 Å². The van der Waals surface area contributed by atoms with Crippen LogP contribution in [-0.4, -0.2) is 5.78 Å². The van der Waals surface area contributed by atoms with Crippen LogP contribution in [0, 0.1) is 5.41 Å². The normalized spacial score (nSPS) is 26.0. The summed E-state index contributed by atoms with van der Waals surface area (Å²) >= 11 is 0. The minimum Gasteiger partial charge on any atom is -0.299 e. The highest BCUT2D eigenvalue weighted by molar-refractivity contribution is 5.84. The molecule has 1 rings (SSSR count). The summed E-state index contributed by atoms with van der Waals surface area (Å²) in [6.07, 6.45) is 5.50. The fourth-order valence-corrected chi connectivity index (χ4v) is 1.51. The second-order valence-corrected chi connectivity index (χ2v) is 3.87. The summed E-state index contributed by atoms with van der Waals surface area (Å²) in [5.41, 5.74) is -0.0174. The van der Waals surface area contributed by atoms with Gasteiger partial charge in [0.25, 0.3) is 0 Å². The van der Waals surface area contributed by atoms with E-state index in [2.05, 4.69) is 13.8 Å². The summed E-state index contributed by atoms with van der Waals surface area (Å²) in [7, 11) is 0. The van der Waals surface area contributed by atoms with Crippen molar-refractivity contribution in [3.63, 3.8) is 0 Å². The van der Waals surface area contributed by atoms with Crippen molar-refractivity contribution in [3.05, 3.63) is 0 Å². The zero-order chi connectivity index (χ0) is 7.61. The largest absolute Gasteiger partial charge is 0.299 e. The molecule has 10 heavy (non-hydrogen) atoms. The molecule has 0 spiro atoms. The van der Waals surface area contributed by atoms with Gasteiger partial charge in [0.2, 0.25) is 0 Å². The minimum absolute atomic E-state index is 0.0174. The van der Waals surface area contributed by atoms with Crippen LogP contribution in [0.2, 0.25) is 0 Å². The molecule has 1 fully saturated rings. The SMILES string of the molecule is CC1(C)CCCCCC1=O. The molecule has 1 aliphatic carbocycles. The second-order valence-electron chi connectivity index (χ2n) is 3.87. The maximum atomic E-state index is 11.3. The number of hydrogen-bond donors (Lipinski definition) is 0. The summed E-state index contributed by atoms with van der Waals surface area (Å²) in [4.78, 5) is 11.3. The van der Waals surface area contributed by atoms with Gasteiger partial charge in [-0.15, -0.1) is 0 Å². The third-order valence-corrected chi connectivity index (χ3v) is 2.46. The molecule has 1 nitrogen and oxygen atoms in total. The molecule has 0 aromatic rings. The van der Waals surface area contributed by atoms with Gasteiger partial charge in [-0.25, -0.2) is 0 Å². The van der Waals surface area contributed by atoms with Crippen molar-refractivity contribution in [3.8, 4) is 0 Å². The van der Waals surface area contributed by atoms with Gasteiger partial charge in [-0.3, -0.25) is 4.79 Å². The van der Waals surface area contributed by atoms with E-state index in [0.29, 0.717) is 5.78 Å². The molecule has 0 radical (unpaired) electrons. The van der Waals surface area contributed by atoms with Gasteiger partial charge in [0.1, 0.15) is 5.78 Å². The monoisotopic (exact) mass is 140 g/mol. The van der Waals surface area contributed by atoms with Crippen LogP contribution in [-0.2, 0) is 4.79 Å². The Labute approximate surface area is 62.8 Å². The average molecular weight is 140 g/mol. The molecule has 0 N–H and O–H groups in total. The molecule has 0 heterocycles. The Balaban J connectivity index is 2.61. The Kier molecular flexibility index (Phi) is 2.12. The maximum Gasteiger partial charge on any atom is 0.138 e. The molecule has 0 unspecified atom stereocenters. The highest BCUT2D eigenvalue weighted by Gasteiger charge is 2.27. The molecule has 1 saturated carbocycles. The summed E-state index contributed by atoms with van der Waals surface area (Å²) in [5.74, 6) is 0.463. The Hall–Kier alpha value is -0.330. The minimum atomic E-state index is -0.0174. The predicted molar refractivity (Wildman–Crippen MR) is 41.9 cm³/mol. The van der Waals surface area contributed by atoms with E-state index in [1.54, 1.807) is 0 Å². The van der Waals surface area contributed by atoms with Crippen molar-refractivity contribution in [2.75, 3.05) is 0 Å². The quantitative estimate of drug-likeness (QED) is 0.472. The number of carbonyl (C=O) groups excluding carboxylic acids is 1. The molecule has 0 amide bonds. The van der Waals surface area contributed by atoms with E-state index in [1.807, 2.05) is 0 Å². The van der Waals surface area contributed by atoms with Gasteiger partial charge in [0.15, 0.2) is 0 Å². The van der Waals surface area contributed by atoms with Gasteiger partial charge in [0.05, 0.1) is 0 Å². The predicted octanol–water partition coefficient (Wildman–Crippen LogP) is 2.55. The van der Waals surface area contributed by atoms with Gasteiger partial charge >= 0.3 is 0 Å². The third kappa shape index (κ3) is 1.59. The molecule has 0 bridgehead atoms. The lowest BCUT2D eigenvalue weighted by Gasteiger charge is -2.19. The first-order chi connectivity index (χ1) is 4.63. The zero-order valence-corrected chi connectivity index (χ0v) is 6.94. The Morgan fingerprint density at radius 3 is 2.60 bits per heavy atom. The van der Waals surface area contributed by atoms with Gasteiger partial charge in [-0.2, -0.15) is 0 Å². The van der Waals surface area contributed by atoms with Crippen LogP contribution >= 0.6 is 0 Å². The summed E-state index contributed by atoms with van der Waals surface area (Å²) in [6, 6.07) is 0. The fourth-order valence-electron chi connectivity index (χ4n) is 1.51. The van der Waals surface area contributed by atoms with E-state index in [-0.39, 0.29) is 5.41 Å². The first kappa shape index (κ1) is 7.77. The smallest absolute Gasteiger partial charge is 0.138 e. The van der Waals surface area contributed by atoms with Crippen LogP contribution in [0.3, 0.4) is 0 Å². The summed E-state index contributed by atoms with van der Waals surface area (Å²) in [6.45, 7) is 4.14. The molecule has 1 heteroatoms. The highest BCUT2D eigenvalue weighted by Crippen LogP contribution is 2.30. The van der Waals surface area contributed by atoms with Gasteiger partial charge in [-0.05, 0) is 12.8 Å². The molecule has 0 aromatic heterocycles. The van der Waals surface area contributed by atoms with Crippen molar-refractivity contribution in [2.24, 2.45) is 5.41 Å². The molecule has 0 aliphatic heterocycles. The van der Waals surface area contributed by atoms with Crippen molar-refractivity contribution in [1.82, 2.24) is 0 Å². The van der Waals surface area contributed by atoms with Gasteiger partial charge < -0.3 is 0 Å². The molecule has 0 aromatic carbocycles. The van der Waals surface area contributed by atoms with E-state index in [1.165, 1.54) is 12.8 Å². The van der Waals surface area contributed by atoms with E-state index < -0.39 is 0 Å². The van der Waals surface area contributed by atoms with Gasteiger partial charge in [-0.1, -0.05) is 26.7 Å². The average Bonchev–Trinajstić information content (AvgIpc) is 1.96. The molecule has 0 saturated heterocycles. The fraction of sp³-hybridized carbons (Fsp3) is 0.889. The number of rotatable bonds is 0. The topological polar surface area (TPSA) is 17.1 Å². The first-order valence-electron chi connectivity index (χ1n) is 4.16. The van der Waals surface area contributed by atoms with Crippen molar-refractivity contribution in [1.29, 1.82) is 0 Å². The van der Waals surface area contributed by atoms with Crippen LogP contribution in [0.15, 0.2) is 0 Å².